The lowest BCUT2D eigenvalue weighted by atomic mass is 10.0. The molecule has 0 unspecified atom stereocenters. The number of nitrogens with one attached hydrogen (secondary N) is 3. The summed E-state index contributed by atoms with van der Waals surface area (Å²) in [5.74, 6) is -1.50. The standard InChI is InChI=1S/C30H35F4N7O5/c1-28(2,3)45-26(43)41(27(44)46-29(4,5)6)24-20(31)14-36-23(39-24)18-10-11-40-21(15-35-22(40)13-18)17-8-7-9-19(12-17)38-25(42)37-16-30(32,33)34/h9-15,23,39H,7-8,16H2,1-6H3,(H2,37,38,42)/t23-/m1/s1. The molecule has 3 N–H and O–H groups in total. The maximum Gasteiger partial charge on any atom is 0.425 e. The molecule has 248 valence electrons. The van der Waals surface area contributed by atoms with E-state index < -0.39 is 60.0 Å². The molecule has 16 heteroatoms. The van der Waals surface area contributed by atoms with Gasteiger partial charge in [0.25, 0.3) is 0 Å². The number of carbonyl (C=O) groups excluding carboxylic acids is 3. The fourth-order valence-corrected chi connectivity index (χ4v) is 4.40. The van der Waals surface area contributed by atoms with E-state index in [1.807, 2.05) is 0 Å². The summed E-state index contributed by atoms with van der Waals surface area (Å²) in [6.07, 6.45) is 0.883. The first-order valence-corrected chi connectivity index (χ1v) is 14.2. The maximum absolute atomic E-state index is 15.1. The summed E-state index contributed by atoms with van der Waals surface area (Å²) in [4.78, 5) is 47.2. The number of aliphatic imine (C=N–C) groups is 1. The third-order valence-electron chi connectivity index (χ3n) is 6.21. The zero-order valence-corrected chi connectivity index (χ0v) is 26.1. The number of rotatable bonds is 5. The number of allylic oxidation sites excluding steroid dienone is 4. The molecule has 2 aliphatic rings. The second-order valence-corrected chi connectivity index (χ2v) is 12.4. The van der Waals surface area contributed by atoms with Gasteiger partial charge in [-0.1, -0.05) is 6.08 Å². The predicted octanol–water partition coefficient (Wildman–Crippen LogP) is 6.24. The Morgan fingerprint density at radius 2 is 1.74 bits per heavy atom. The van der Waals surface area contributed by atoms with Gasteiger partial charge >= 0.3 is 24.4 Å². The van der Waals surface area contributed by atoms with Crippen LogP contribution in [0.2, 0.25) is 0 Å². The van der Waals surface area contributed by atoms with E-state index in [2.05, 4.69) is 20.6 Å². The highest BCUT2D eigenvalue weighted by Gasteiger charge is 2.38. The van der Waals surface area contributed by atoms with Crippen molar-refractivity contribution in [3.8, 4) is 0 Å². The van der Waals surface area contributed by atoms with Gasteiger partial charge in [0, 0.05) is 17.5 Å². The lowest BCUT2D eigenvalue weighted by Gasteiger charge is -2.32. The Morgan fingerprint density at radius 1 is 1.09 bits per heavy atom. The molecule has 2 aromatic heterocycles. The minimum atomic E-state index is -4.53. The molecule has 0 spiro atoms. The van der Waals surface area contributed by atoms with Crippen molar-refractivity contribution in [2.24, 2.45) is 4.99 Å². The molecule has 46 heavy (non-hydrogen) atoms. The second kappa shape index (κ2) is 12.8. The van der Waals surface area contributed by atoms with Crippen LogP contribution in [0.4, 0.5) is 31.9 Å². The molecule has 1 atom stereocenters. The van der Waals surface area contributed by atoms with Crippen molar-refractivity contribution in [1.29, 1.82) is 0 Å². The van der Waals surface area contributed by atoms with Crippen molar-refractivity contribution in [3.63, 3.8) is 0 Å². The highest BCUT2D eigenvalue weighted by atomic mass is 19.4. The Labute approximate surface area is 262 Å². The lowest BCUT2D eigenvalue weighted by Crippen LogP contribution is -2.47. The fraction of sp³-hybridized carbons (Fsp3) is 0.433. The number of imidazole rings is 1. The van der Waals surface area contributed by atoms with Crippen LogP contribution >= 0.6 is 0 Å². The van der Waals surface area contributed by atoms with Crippen LogP contribution in [0.15, 0.2) is 59.0 Å². The quantitative estimate of drug-likeness (QED) is 0.326. The highest BCUT2D eigenvalue weighted by Crippen LogP contribution is 2.30. The van der Waals surface area contributed by atoms with Gasteiger partial charge in [-0.25, -0.2) is 23.8 Å². The van der Waals surface area contributed by atoms with Crippen LogP contribution in [0.3, 0.4) is 0 Å². The molecule has 1 aliphatic carbocycles. The van der Waals surface area contributed by atoms with E-state index in [9.17, 15) is 27.6 Å². The van der Waals surface area contributed by atoms with Gasteiger partial charge in [-0.15, -0.1) is 0 Å². The van der Waals surface area contributed by atoms with Crippen molar-refractivity contribution >= 4 is 35.7 Å². The second-order valence-electron chi connectivity index (χ2n) is 12.4. The SMILES string of the molecule is CC(C)(C)OC(=O)N(C(=O)OC(C)(C)C)C1=C(F)C=N[C@@H](c2ccn3c(C4=CC(NC(=O)NCC(F)(F)F)=CCC4)cnc3c2)N1. The minimum Gasteiger partial charge on any atom is -0.443 e. The maximum atomic E-state index is 15.1. The normalized spacial score (nSPS) is 17.1. The lowest BCUT2D eigenvalue weighted by molar-refractivity contribution is -0.122. The number of imide groups is 1. The van der Waals surface area contributed by atoms with Crippen molar-refractivity contribution in [1.82, 2.24) is 30.2 Å². The van der Waals surface area contributed by atoms with Gasteiger partial charge in [0.1, 0.15) is 29.6 Å². The Morgan fingerprint density at radius 3 is 2.35 bits per heavy atom. The number of aromatic nitrogens is 2. The molecule has 0 saturated carbocycles. The number of alkyl halides is 3. The first-order valence-electron chi connectivity index (χ1n) is 14.2. The summed E-state index contributed by atoms with van der Waals surface area (Å²) >= 11 is 0. The van der Waals surface area contributed by atoms with Crippen LogP contribution < -0.4 is 16.0 Å². The van der Waals surface area contributed by atoms with E-state index in [1.54, 1.807) is 87.9 Å². The summed E-state index contributed by atoms with van der Waals surface area (Å²) in [5.41, 5.74) is 0.789. The summed E-state index contributed by atoms with van der Waals surface area (Å²) in [6.45, 7) is 8.14. The first kappa shape index (κ1) is 34.0. The van der Waals surface area contributed by atoms with Gasteiger partial charge in [0.05, 0.1) is 18.1 Å². The highest BCUT2D eigenvalue weighted by molar-refractivity contribution is 5.92. The van der Waals surface area contributed by atoms with Gasteiger partial charge in [-0.3, -0.25) is 9.39 Å². The molecular formula is C30H35F4N7O5. The van der Waals surface area contributed by atoms with E-state index in [-0.39, 0.29) is 0 Å². The number of halogens is 4. The van der Waals surface area contributed by atoms with Crippen LogP contribution in [0, 0.1) is 0 Å². The third kappa shape index (κ3) is 8.85. The monoisotopic (exact) mass is 649 g/mol. The first-order chi connectivity index (χ1) is 21.3. The molecule has 3 heterocycles. The number of hydrogen-bond donors (Lipinski definition) is 3. The van der Waals surface area contributed by atoms with Gasteiger partial charge in [-0.05, 0) is 78.2 Å². The molecular weight excluding hydrogens is 614 g/mol. The molecule has 4 amide bonds. The molecule has 0 bridgehead atoms. The summed E-state index contributed by atoms with van der Waals surface area (Å²) < 4.78 is 64.9. The average Bonchev–Trinajstić information content (AvgIpc) is 3.34. The predicted molar refractivity (Wildman–Crippen MR) is 160 cm³/mol. The van der Waals surface area contributed by atoms with Crippen molar-refractivity contribution < 1.29 is 41.4 Å². The average molecular weight is 650 g/mol. The summed E-state index contributed by atoms with van der Waals surface area (Å²) in [5, 5.41) is 6.98. The number of carbonyl (C=O) groups is 3. The van der Waals surface area contributed by atoms with E-state index in [0.29, 0.717) is 40.3 Å². The topological polar surface area (TPSA) is 139 Å². The molecule has 2 aromatic rings. The molecule has 0 aromatic carbocycles. The Bertz CT molecular complexity index is 1620. The molecule has 0 radical (unpaired) electrons. The Hall–Kier alpha value is -4.89. The molecule has 4 rings (SSSR count). The van der Waals surface area contributed by atoms with Crippen LogP contribution in [0.1, 0.15) is 71.8 Å². The fourth-order valence-electron chi connectivity index (χ4n) is 4.40. The minimum absolute atomic E-state index is 0.342. The van der Waals surface area contributed by atoms with Crippen molar-refractivity contribution in [2.75, 3.05) is 6.54 Å². The van der Waals surface area contributed by atoms with Gasteiger partial charge in [0.15, 0.2) is 11.6 Å². The zero-order chi connectivity index (χ0) is 34.0. The van der Waals surface area contributed by atoms with Gasteiger partial charge in [0.2, 0.25) is 0 Å². The van der Waals surface area contributed by atoms with Crippen molar-refractivity contribution in [3.05, 3.63) is 65.3 Å². The smallest absolute Gasteiger partial charge is 0.425 e. The van der Waals surface area contributed by atoms with Crippen LogP contribution in [-0.4, -0.2) is 62.6 Å². The number of urea groups is 1. The number of amides is 4. The summed E-state index contributed by atoms with van der Waals surface area (Å²) in [6, 6.07) is 2.38. The third-order valence-corrected chi connectivity index (χ3v) is 6.21. The number of hydrogen-bond acceptors (Lipinski definition) is 8. The number of ether oxygens (including phenoxy) is 2. The molecule has 12 nitrogen and oxygen atoms in total. The van der Waals surface area contributed by atoms with E-state index >= 15 is 4.39 Å². The number of nitrogens with zero attached hydrogens (tertiary/aromatic N) is 4. The van der Waals surface area contributed by atoms with E-state index in [0.717, 1.165) is 11.8 Å². The molecule has 1 aliphatic heterocycles. The number of fused-ring (bicyclic) bond motifs is 1. The number of pyridine rings is 1. The Balaban J connectivity index is 1.56. The van der Waals surface area contributed by atoms with E-state index in [4.69, 9.17) is 9.47 Å². The van der Waals surface area contributed by atoms with Crippen LogP contribution in [-0.2, 0) is 9.47 Å². The van der Waals surface area contributed by atoms with Crippen LogP contribution in [0.5, 0.6) is 0 Å². The Kier molecular flexibility index (Phi) is 9.49. The zero-order valence-electron chi connectivity index (χ0n) is 26.1. The van der Waals surface area contributed by atoms with Gasteiger partial charge < -0.3 is 25.4 Å². The molecule has 0 saturated heterocycles. The molecule has 0 fully saturated rings. The largest absolute Gasteiger partial charge is 0.443 e. The summed E-state index contributed by atoms with van der Waals surface area (Å²) in [7, 11) is 0. The van der Waals surface area contributed by atoms with Crippen LogP contribution in [0.25, 0.3) is 11.2 Å². The van der Waals surface area contributed by atoms with Crippen molar-refractivity contribution in [2.45, 2.75) is 77.9 Å². The van der Waals surface area contributed by atoms with E-state index in [1.165, 1.54) is 0 Å². The van der Waals surface area contributed by atoms with Gasteiger partial charge in [-0.2, -0.15) is 18.1 Å².